The Hall–Kier alpha value is -5.25. The molecule has 4 aromatic carbocycles. The van der Waals surface area contributed by atoms with Gasteiger partial charge in [0.15, 0.2) is 5.60 Å². The van der Waals surface area contributed by atoms with Crippen LogP contribution in [0.4, 0.5) is 11.4 Å². The second kappa shape index (κ2) is 14.9. The first-order valence-electron chi connectivity index (χ1n) is 15.5. The van der Waals surface area contributed by atoms with Crippen molar-refractivity contribution in [1.29, 1.82) is 0 Å². The molecule has 4 aromatic rings. The number of aliphatic hydroxyl groups excluding tert-OH is 1. The summed E-state index contributed by atoms with van der Waals surface area (Å²) in [5.74, 6) is -0.913. The van der Waals surface area contributed by atoms with Crippen molar-refractivity contribution < 1.29 is 29.3 Å². The van der Waals surface area contributed by atoms with E-state index in [9.17, 15) is 24.6 Å². The number of amides is 3. The summed E-state index contributed by atoms with van der Waals surface area (Å²) in [6.45, 7) is 2.35. The fourth-order valence-electron chi connectivity index (χ4n) is 5.79. The number of fused-ring (bicyclic) bond motifs is 1. The predicted molar refractivity (Wildman–Crippen MR) is 181 cm³/mol. The summed E-state index contributed by atoms with van der Waals surface area (Å²) in [7, 11) is 1.56. The lowest BCUT2D eigenvalue weighted by Crippen LogP contribution is -2.44. The van der Waals surface area contributed by atoms with Crippen molar-refractivity contribution in [2.75, 3.05) is 30.5 Å². The molecule has 0 bridgehead atoms. The molecule has 47 heavy (non-hydrogen) atoms. The Kier molecular flexibility index (Phi) is 10.5. The van der Waals surface area contributed by atoms with Crippen molar-refractivity contribution in [2.24, 2.45) is 5.92 Å². The van der Waals surface area contributed by atoms with Crippen LogP contribution >= 0.6 is 0 Å². The molecule has 242 valence electrons. The van der Waals surface area contributed by atoms with Gasteiger partial charge in [-0.15, -0.1) is 0 Å². The van der Waals surface area contributed by atoms with E-state index in [0.29, 0.717) is 34.8 Å². The van der Waals surface area contributed by atoms with Gasteiger partial charge in [-0.05, 0) is 53.6 Å². The number of carbonyl (C=O) groups excluding carboxylic acids is 3. The highest BCUT2D eigenvalue weighted by Gasteiger charge is 2.52. The van der Waals surface area contributed by atoms with Crippen LogP contribution in [-0.4, -0.2) is 53.1 Å². The molecular formula is C38H39N3O6. The number of ether oxygens (including phenoxy) is 1. The second-order valence-corrected chi connectivity index (χ2v) is 11.5. The van der Waals surface area contributed by atoms with Crippen LogP contribution in [-0.2, 0) is 28.3 Å². The van der Waals surface area contributed by atoms with Crippen LogP contribution in [0.15, 0.2) is 115 Å². The number of para-hydroxylation sites is 1. The fraction of sp³-hybridized carbons (Fsp3) is 0.237. The highest BCUT2D eigenvalue weighted by atomic mass is 16.5. The zero-order valence-corrected chi connectivity index (χ0v) is 26.5. The van der Waals surface area contributed by atoms with E-state index in [1.807, 2.05) is 42.5 Å². The lowest BCUT2D eigenvalue weighted by atomic mass is 9.83. The third kappa shape index (κ3) is 7.43. The molecular weight excluding hydrogens is 594 g/mol. The van der Waals surface area contributed by atoms with E-state index < -0.39 is 17.4 Å². The second-order valence-electron chi connectivity index (χ2n) is 11.5. The molecule has 9 heteroatoms. The standard InChI is InChI=1S/C38H39N3O6/c1-27(10-8-17-35(43)40(22-23-42)25-28-11-4-3-5-12-28)38(46)33-15-6-7-16-34(33)41(37(38)45)26-29-13-9-14-31(24-29)39-36(44)30-18-20-32(47-2)21-19-30/h3-16,18-21,24,27,42,46H,17,22-23,25-26H2,1-2H3,(H,39,44)/b10-8+/t27-,38+/m1/s1. The summed E-state index contributed by atoms with van der Waals surface area (Å²) in [4.78, 5) is 43.0. The monoisotopic (exact) mass is 633 g/mol. The Balaban J connectivity index is 1.28. The average molecular weight is 634 g/mol. The Labute approximate surface area is 274 Å². The molecule has 0 radical (unpaired) electrons. The van der Waals surface area contributed by atoms with Gasteiger partial charge < -0.3 is 30.1 Å². The molecule has 0 aromatic heterocycles. The number of hydrogen-bond acceptors (Lipinski definition) is 6. The molecule has 1 aliphatic heterocycles. The van der Waals surface area contributed by atoms with Gasteiger partial charge in [-0.2, -0.15) is 0 Å². The Morgan fingerprint density at radius 3 is 2.38 bits per heavy atom. The number of hydrogen-bond donors (Lipinski definition) is 3. The number of benzene rings is 4. The third-order valence-electron chi connectivity index (χ3n) is 8.37. The molecule has 5 rings (SSSR count). The molecule has 1 heterocycles. The number of nitrogens with one attached hydrogen (secondary N) is 1. The van der Waals surface area contributed by atoms with Crippen molar-refractivity contribution in [3.05, 3.63) is 138 Å². The van der Waals surface area contributed by atoms with Crippen LogP contribution in [0.25, 0.3) is 0 Å². The Bertz CT molecular complexity index is 1740. The number of anilines is 2. The highest BCUT2D eigenvalue weighted by molar-refractivity contribution is 6.07. The SMILES string of the molecule is COc1ccc(C(=O)Nc2cccc(CN3C(=O)[C@](O)([C@H](C)/C=C/CC(=O)N(CCO)Cc4ccccc4)c4ccccc43)c2)cc1. The van der Waals surface area contributed by atoms with Gasteiger partial charge in [0.05, 0.1) is 25.9 Å². The minimum atomic E-state index is -1.84. The fourth-order valence-corrected chi connectivity index (χ4v) is 5.79. The van der Waals surface area contributed by atoms with E-state index in [1.165, 1.54) is 0 Å². The van der Waals surface area contributed by atoms with E-state index in [4.69, 9.17) is 4.74 Å². The quantitative estimate of drug-likeness (QED) is 0.172. The molecule has 1 aliphatic rings. The van der Waals surface area contributed by atoms with E-state index in [0.717, 1.165) is 11.1 Å². The van der Waals surface area contributed by atoms with Gasteiger partial charge in [0.2, 0.25) is 5.91 Å². The van der Waals surface area contributed by atoms with Crippen molar-refractivity contribution in [3.8, 4) is 5.75 Å². The van der Waals surface area contributed by atoms with Crippen LogP contribution < -0.4 is 15.0 Å². The maximum Gasteiger partial charge on any atom is 0.264 e. The van der Waals surface area contributed by atoms with Crippen LogP contribution in [0.3, 0.4) is 0 Å². The van der Waals surface area contributed by atoms with Gasteiger partial charge in [0, 0.05) is 42.2 Å². The molecule has 0 saturated carbocycles. The summed E-state index contributed by atoms with van der Waals surface area (Å²) in [5.41, 5.74) is 2.02. The van der Waals surface area contributed by atoms with Crippen LogP contribution in [0.5, 0.6) is 5.75 Å². The largest absolute Gasteiger partial charge is 0.497 e. The van der Waals surface area contributed by atoms with Crippen molar-refractivity contribution in [1.82, 2.24) is 4.90 Å². The van der Waals surface area contributed by atoms with Gasteiger partial charge in [-0.1, -0.05) is 79.7 Å². The van der Waals surface area contributed by atoms with Gasteiger partial charge in [0.25, 0.3) is 11.8 Å². The summed E-state index contributed by atoms with van der Waals surface area (Å²) in [6.07, 6.45) is 3.43. The Morgan fingerprint density at radius 2 is 1.66 bits per heavy atom. The summed E-state index contributed by atoms with van der Waals surface area (Å²) in [5, 5.41) is 24.4. The molecule has 9 nitrogen and oxygen atoms in total. The number of aliphatic hydroxyl groups is 2. The average Bonchev–Trinajstić information content (AvgIpc) is 3.31. The number of methoxy groups -OCH3 is 1. The van der Waals surface area contributed by atoms with E-state index in [-0.39, 0.29) is 37.9 Å². The van der Waals surface area contributed by atoms with Crippen molar-refractivity contribution >= 4 is 29.1 Å². The molecule has 3 N–H and O–H groups in total. The minimum Gasteiger partial charge on any atom is -0.497 e. The number of rotatable bonds is 13. The van der Waals surface area contributed by atoms with Crippen LogP contribution in [0, 0.1) is 5.92 Å². The first-order valence-corrected chi connectivity index (χ1v) is 15.5. The highest BCUT2D eigenvalue weighted by Crippen LogP contribution is 2.45. The smallest absolute Gasteiger partial charge is 0.264 e. The molecule has 0 aliphatic carbocycles. The predicted octanol–water partition coefficient (Wildman–Crippen LogP) is 5.29. The molecule has 3 amide bonds. The van der Waals surface area contributed by atoms with E-state index >= 15 is 0 Å². The molecule has 0 fully saturated rings. The van der Waals surface area contributed by atoms with Gasteiger partial charge >= 0.3 is 0 Å². The third-order valence-corrected chi connectivity index (χ3v) is 8.37. The molecule has 0 unspecified atom stereocenters. The lowest BCUT2D eigenvalue weighted by Gasteiger charge is -2.28. The van der Waals surface area contributed by atoms with Gasteiger partial charge in [-0.25, -0.2) is 0 Å². The van der Waals surface area contributed by atoms with E-state index in [2.05, 4.69) is 5.32 Å². The first kappa shape index (κ1) is 33.1. The van der Waals surface area contributed by atoms with Crippen molar-refractivity contribution in [3.63, 3.8) is 0 Å². The Morgan fingerprint density at radius 1 is 0.957 bits per heavy atom. The van der Waals surface area contributed by atoms with Crippen LogP contribution in [0.2, 0.25) is 0 Å². The summed E-state index contributed by atoms with van der Waals surface area (Å²) in [6, 6.07) is 30.7. The zero-order valence-electron chi connectivity index (χ0n) is 26.5. The summed E-state index contributed by atoms with van der Waals surface area (Å²) >= 11 is 0. The molecule has 0 spiro atoms. The van der Waals surface area contributed by atoms with E-state index in [1.54, 1.807) is 96.6 Å². The maximum atomic E-state index is 14.0. The number of nitrogens with zero attached hydrogens (tertiary/aromatic N) is 2. The van der Waals surface area contributed by atoms with Crippen LogP contribution in [0.1, 0.15) is 40.4 Å². The molecule has 2 atom stereocenters. The number of carbonyl (C=O) groups is 3. The normalized spacial score (nSPS) is 16.2. The summed E-state index contributed by atoms with van der Waals surface area (Å²) < 4.78 is 5.16. The lowest BCUT2D eigenvalue weighted by molar-refractivity contribution is -0.139. The first-order chi connectivity index (χ1) is 22.7. The maximum absolute atomic E-state index is 14.0. The van der Waals surface area contributed by atoms with Gasteiger partial charge in [0.1, 0.15) is 5.75 Å². The molecule has 0 saturated heterocycles. The minimum absolute atomic E-state index is 0.0574. The van der Waals surface area contributed by atoms with Gasteiger partial charge in [-0.3, -0.25) is 14.4 Å². The topological polar surface area (TPSA) is 119 Å². The zero-order chi connectivity index (χ0) is 33.4. The van der Waals surface area contributed by atoms with Crippen molar-refractivity contribution in [2.45, 2.75) is 32.0 Å².